The van der Waals surface area contributed by atoms with Crippen molar-refractivity contribution in [1.82, 2.24) is 4.57 Å². The van der Waals surface area contributed by atoms with E-state index in [1.165, 1.54) is 5.56 Å². The summed E-state index contributed by atoms with van der Waals surface area (Å²) in [7, 11) is 0. The van der Waals surface area contributed by atoms with E-state index in [1.807, 2.05) is 31.3 Å². The molecule has 1 aromatic carbocycles. The first-order valence-electron chi connectivity index (χ1n) is 5.38. The molecule has 0 fully saturated rings. The highest BCUT2D eigenvalue weighted by Gasteiger charge is 1.98. The van der Waals surface area contributed by atoms with Crippen molar-refractivity contribution in [2.45, 2.75) is 20.4 Å². The third-order valence-corrected chi connectivity index (χ3v) is 2.59. The van der Waals surface area contributed by atoms with Crippen molar-refractivity contribution in [2.24, 2.45) is 0 Å². The van der Waals surface area contributed by atoms with Crippen LogP contribution in [-0.4, -0.2) is 4.57 Å². The highest BCUT2D eigenvalue weighted by Crippen LogP contribution is 2.05. The van der Waals surface area contributed by atoms with E-state index in [-0.39, 0.29) is 5.56 Å². The minimum Gasteiger partial charge on any atom is -0.311 e. The molecule has 16 heavy (non-hydrogen) atoms. The third-order valence-electron chi connectivity index (χ3n) is 2.59. The highest BCUT2D eigenvalue weighted by atomic mass is 16.1. The Morgan fingerprint density at radius 3 is 2.50 bits per heavy atom. The molecule has 0 unspecified atom stereocenters. The molecule has 0 spiro atoms. The molecule has 2 heteroatoms. The van der Waals surface area contributed by atoms with Crippen LogP contribution >= 0.6 is 0 Å². The monoisotopic (exact) mass is 213 g/mol. The second kappa shape index (κ2) is 4.35. The van der Waals surface area contributed by atoms with E-state index in [2.05, 4.69) is 19.1 Å². The number of hydrogen-bond acceptors (Lipinski definition) is 1. The van der Waals surface area contributed by atoms with E-state index in [1.54, 1.807) is 10.6 Å². The molecule has 0 bridgehead atoms. The Morgan fingerprint density at radius 1 is 1.06 bits per heavy atom. The Kier molecular flexibility index (Phi) is 2.91. The van der Waals surface area contributed by atoms with E-state index >= 15 is 0 Å². The zero-order valence-corrected chi connectivity index (χ0v) is 9.60. The number of pyridine rings is 1. The SMILES string of the molecule is Cc1cccc(Cn2ccc(C)cc2=O)c1. The van der Waals surface area contributed by atoms with Crippen LogP contribution in [0.2, 0.25) is 0 Å². The molecule has 1 heterocycles. The molecule has 0 radical (unpaired) electrons. The van der Waals surface area contributed by atoms with E-state index in [9.17, 15) is 4.79 Å². The number of benzene rings is 1. The predicted octanol–water partition coefficient (Wildman–Crippen LogP) is 2.51. The van der Waals surface area contributed by atoms with Gasteiger partial charge in [0.25, 0.3) is 5.56 Å². The summed E-state index contributed by atoms with van der Waals surface area (Å²) in [6, 6.07) is 11.8. The largest absolute Gasteiger partial charge is 0.311 e. The molecule has 0 aliphatic rings. The van der Waals surface area contributed by atoms with Crippen LogP contribution in [0.3, 0.4) is 0 Å². The van der Waals surface area contributed by atoms with Gasteiger partial charge in [-0.25, -0.2) is 0 Å². The van der Waals surface area contributed by atoms with Crippen molar-refractivity contribution in [3.8, 4) is 0 Å². The van der Waals surface area contributed by atoms with Gasteiger partial charge in [0.15, 0.2) is 0 Å². The minimum atomic E-state index is 0.0570. The molecular weight excluding hydrogens is 198 g/mol. The molecule has 2 rings (SSSR count). The quantitative estimate of drug-likeness (QED) is 0.751. The number of rotatable bonds is 2. The van der Waals surface area contributed by atoms with Crippen LogP contribution in [0, 0.1) is 13.8 Å². The standard InChI is InChI=1S/C14H15NO/c1-11-4-3-5-13(8-11)10-15-7-6-12(2)9-14(15)16/h3-9H,10H2,1-2H3. The van der Waals surface area contributed by atoms with Crippen molar-refractivity contribution >= 4 is 0 Å². The first-order chi connectivity index (χ1) is 7.65. The molecule has 2 nitrogen and oxygen atoms in total. The molecule has 0 aliphatic heterocycles. The summed E-state index contributed by atoms with van der Waals surface area (Å²) >= 11 is 0. The summed E-state index contributed by atoms with van der Waals surface area (Å²) in [5, 5.41) is 0. The minimum absolute atomic E-state index is 0.0570. The summed E-state index contributed by atoms with van der Waals surface area (Å²) in [5.41, 5.74) is 3.44. The van der Waals surface area contributed by atoms with Gasteiger partial charge in [-0.2, -0.15) is 0 Å². The zero-order valence-electron chi connectivity index (χ0n) is 9.60. The van der Waals surface area contributed by atoms with E-state index in [4.69, 9.17) is 0 Å². The average Bonchev–Trinajstić information content (AvgIpc) is 2.22. The maximum atomic E-state index is 11.7. The Bertz CT molecular complexity index is 555. The van der Waals surface area contributed by atoms with Gasteiger partial charge in [-0.3, -0.25) is 4.79 Å². The maximum Gasteiger partial charge on any atom is 0.251 e. The topological polar surface area (TPSA) is 22.0 Å². The lowest BCUT2D eigenvalue weighted by molar-refractivity contribution is 0.756. The van der Waals surface area contributed by atoms with Gasteiger partial charge in [-0.15, -0.1) is 0 Å². The Morgan fingerprint density at radius 2 is 1.81 bits per heavy atom. The van der Waals surface area contributed by atoms with Gasteiger partial charge < -0.3 is 4.57 Å². The molecule has 82 valence electrons. The van der Waals surface area contributed by atoms with Gasteiger partial charge in [-0.05, 0) is 31.0 Å². The molecule has 0 saturated heterocycles. The van der Waals surface area contributed by atoms with Gasteiger partial charge in [0.1, 0.15) is 0 Å². The zero-order chi connectivity index (χ0) is 11.5. The number of nitrogens with zero attached hydrogens (tertiary/aromatic N) is 1. The average molecular weight is 213 g/mol. The van der Waals surface area contributed by atoms with Gasteiger partial charge in [0, 0.05) is 12.3 Å². The highest BCUT2D eigenvalue weighted by molar-refractivity contribution is 5.22. The van der Waals surface area contributed by atoms with Gasteiger partial charge in [0.2, 0.25) is 0 Å². The van der Waals surface area contributed by atoms with Crippen LogP contribution in [0.25, 0.3) is 0 Å². The van der Waals surface area contributed by atoms with Crippen molar-refractivity contribution < 1.29 is 0 Å². The fraction of sp³-hybridized carbons (Fsp3) is 0.214. The summed E-state index contributed by atoms with van der Waals surface area (Å²) < 4.78 is 1.72. The Hall–Kier alpha value is -1.83. The molecule has 1 aromatic heterocycles. The summed E-state index contributed by atoms with van der Waals surface area (Å²) in [6.07, 6.45) is 1.85. The third kappa shape index (κ3) is 2.40. The van der Waals surface area contributed by atoms with E-state index < -0.39 is 0 Å². The summed E-state index contributed by atoms with van der Waals surface area (Å²) in [6.45, 7) is 4.63. The molecule has 0 atom stereocenters. The van der Waals surface area contributed by atoms with Gasteiger partial charge in [0.05, 0.1) is 6.54 Å². The molecule has 0 amide bonds. The first-order valence-corrected chi connectivity index (χ1v) is 5.38. The second-order valence-corrected chi connectivity index (χ2v) is 4.16. The van der Waals surface area contributed by atoms with Crippen molar-refractivity contribution in [3.63, 3.8) is 0 Å². The number of hydrogen-bond donors (Lipinski definition) is 0. The van der Waals surface area contributed by atoms with Crippen molar-refractivity contribution in [3.05, 3.63) is 69.6 Å². The van der Waals surface area contributed by atoms with Crippen LogP contribution in [0.5, 0.6) is 0 Å². The fourth-order valence-electron chi connectivity index (χ4n) is 1.74. The lowest BCUT2D eigenvalue weighted by Gasteiger charge is -2.06. The van der Waals surface area contributed by atoms with Crippen LogP contribution in [0.4, 0.5) is 0 Å². The summed E-state index contributed by atoms with van der Waals surface area (Å²) in [4.78, 5) is 11.7. The normalized spacial score (nSPS) is 10.4. The van der Waals surface area contributed by atoms with Crippen molar-refractivity contribution in [2.75, 3.05) is 0 Å². The fourth-order valence-corrected chi connectivity index (χ4v) is 1.74. The second-order valence-electron chi connectivity index (χ2n) is 4.16. The first kappa shape index (κ1) is 10.7. The Labute approximate surface area is 95.2 Å². The number of aromatic nitrogens is 1. The van der Waals surface area contributed by atoms with Crippen LogP contribution in [0.1, 0.15) is 16.7 Å². The molecular formula is C14H15NO. The molecule has 0 aliphatic carbocycles. The van der Waals surface area contributed by atoms with Crippen LogP contribution in [0.15, 0.2) is 47.4 Å². The molecule has 0 saturated carbocycles. The van der Waals surface area contributed by atoms with Gasteiger partial charge >= 0.3 is 0 Å². The van der Waals surface area contributed by atoms with E-state index in [0.29, 0.717) is 6.54 Å². The number of aryl methyl sites for hydroxylation is 2. The van der Waals surface area contributed by atoms with Crippen LogP contribution < -0.4 is 5.56 Å². The van der Waals surface area contributed by atoms with E-state index in [0.717, 1.165) is 11.1 Å². The maximum absolute atomic E-state index is 11.7. The lowest BCUT2D eigenvalue weighted by atomic mass is 10.1. The molecule has 0 N–H and O–H groups in total. The Balaban J connectivity index is 2.31. The summed E-state index contributed by atoms with van der Waals surface area (Å²) in [5.74, 6) is 0. The molecule has 2 aromatic rings. The smallest absolute Gasteiger partial charge is 0.251 e. The van der Waals surface area contributed by atoms with Crippen LogP contribution in [-0.2, 0) is 6.54 Å². The van der Waals surface area contributed by atoms with Gasteiger partial charge in [-0.1, -0.05) is 29.8 Å². The lowest BCUT2D eigenvalue weighted by Crippen LogP contribution is -2.19. The van der Waals surface area contributed by atoms with Crippen molar-refractivity contribution in [1.29, 1.82) is 0 Å². The predicted molar refractivity (Wildman–Crippen MR) is 65.7 cm³/mol.